The van der Waals surface area contributed by atoms with Crippen LogP contribution in [-0.4, -0.2) is 36.5 Å². The van der Waals surface area contributed by atoms with E-state index in [9.17, 15) is 4.79 Å². The van der Waals surface area contributed by atoms with Gasteiger partial charge in [-0.25, -0.2) is 0 Å². The number of carbonyl (C=O) groups excluding carboxylic acids is 1. The molecule has 2 bridgehead atoms. The lowest BCUT2D eigenvalue weighted by Gasteiger charge is -2.42. The highest BCUT2D eigenvalue weighted by Gasteiger charge is 2.37. The number of carbonyl (C=O) groups is 1. The highest BCUT2D eigenvalue weighted by atomic mass is 16.2. The second-order valence-corrected chi connectivity index (χ2v) is 4.54. The van der Waals surface area contributed by atoms with Crippen LogP contribution >= 0.6 is 0 Å². The van der Waals surface area contributed by atoms with E-state index in [1.54, 1.807) is 0 Å². The number of hydrogen-bond donors (Lipinski definition) is 1. The minimum absolute atomic E-state index is 0.259. The van der Waals surface area contributed by atoms with Crippen LogP contribution in [0.15, 0.2) is 0 Å². The molecule has 2 aliphatic heterocycles. The number of nitrogens with zero attached hydrogens (tertiary/aromatic N) is 1. The first kappa shape index (κ1) is 9.00. The topological polar surface area (TPSA) is 32.3 Å². The van der Waals surface area contributed by atoms with E-state index < -0.39 is 0 Å². The van der Waals surface area contributed by atoms with Gasteiger partial charge in [0.1, 0.15) is 0 Å². The molecular formula is C10H18N2O. The SMILES string of the molecule is CC(C)N1CC2CNCC(C2)C1=O. The largest absolute Gasteiger partial charge is 0.340 e. The zero-order chi connectivity index (χ0) is 9.42. The van der Waals surface area contributed by atoms with Crippen molar-refractivity contribution in [2.75, 3.05) is 19.6 Å². The van der Waals surface area contributed by atoms with Crippen molar-refractivity contribution in [2.45, 2.75) is 26.3 Å². The second-order valence-electron chi connectivity index (χ2n) is 4.54. The van der Waals surface area contributed by atoms with Crippen molar-refractivity contribution in [2.24, 2.45) is 11.8 Å². The molecule has 74 valence electrons. The van der Waals surface area contributed by atoms with Gasteiger partial charge in [-0.2, -0.15) is 0 Å². The Morgan fingerprint density at radius 3 is 2.92 bits per heavy atom. The molecule has 3 nitrogen and oxygen atoms in total. The van der Waals surface area contributed by atoms with Crippen molar-refractivity contribution in [1.29, 1.82) is 0 Å². The molecule has 13 heavy (non-hydrogen) atoms. The summed E-state index contributed by atoms with van der Waals surface area (Å²) in [6.45, 7) is 7.14. The Morgan fingerprint density at radius 2 is 2.23 bits per heavy atom. The molecule has 0 spiro atoms. The van der Waals surface area contributed by atoms with E-state index in [0.717, 1.165) is 26.1 Å². The van der Waals surface area contributed by atoms with Crippen LogP contribution in [-0.2, 0) is 4.79 Å². The van der Waals surface area contributed by atoms with E-state index >= 15 is 0 Å². The molecule has 2 saturated heterocycles. The summed E-state index contributed by atoms with van der Waals surface area (Å²) in [5.74, 6) is 1.31. The number of nitrogens with one attached hydrogen (secondary N) is 1. The van der Waals surface area contributed by atoms with Crippen LogP contribution in [0.3, 0.4) is 0 Å². The van der Waals surface area contributed by atoms with Crippen molar-refractivity contribution in [3.8, 4) is 0 Å². The number of piperidine rings is 2. The predicted octanol–water partition coefficient (Wildman–Crippen LogP) is 0.463. The standard InChI is InChI=1S/C10H18N2O/c1-7(2)12-6-8-3-9(10(12)13)5-11-4-8/h7-9,11H,3-6H2,1-2H3. The van der Waals surface area contributed by atoms with Crippen LogP contribution < -0.4 is 5.32 Å². The Kier molecular flexibility index (Phi) is 2.28. The number of likely N-dealkylation sites (tertiary alicyclic amines) is 1. The monoisotopic (exact) mass is 182 g/mol. The number of rotatable bonds is 1. The van der Waals surface area contributed by atoms with Crippen molar-refractivity contribution in [3.05, 3.63) is 0 Å². The lowest BCUT2D eigenvalue weighted by Crippen LogP contribution is -2.56. The summed E-state index contributed by atoms with van der Waals surface area (Å²) in [7, 11) is 0. The van der Waals surface area contributed by atoms with Gasteiger partial charge in [0.2, 0.25) is 5.91 Å². The van der Waals surface area contributed by atoms with Crippen LogP contribution in [0.1, 0.15) is 20.3 Å². The summed E-state index contributed by atoms with van der Waals surface area (Å²) in [5.41, 5.74) is 0. The van der Waals surface area contributed by atoms with E-state index in [-0.39, 0.29) is 5.92 Å². The first-order chi connectivity index (χ1) is 6.18. The van der Waals surface area contributed by atoms with Crippen molar-refractivity contribution in [1.82, 2.24) is 10.2 Å². The Balaban J connectivity index is 2.11. The fourth-order valence-corrected chi connectivity index (χ4v) is 2.43. The average molecular weight is 182 g/mol. The maximum absolute atomic E-state index is 11.9. The van der Waals surface area contributed by atoms with E-state index in [4.69, 9.17) is 0 Å². The van der Waals surface area contributed by atoms with Gasteiger partial charge in [0, 0.05) is 19.1 Å². The molecule has 3 heteroatoms. The minimum atomic E-state index is 0.259. The Hall–Kier alpha value is -0.570. The van der Waals surface area contributed by atoms with Crippen molar-refractivity contribution in [3.63, 3.8) is 0 Å². The first-order valence-corrected chi connectivity index (χ1v) is 5.19. The van der Waals surface area contributed by atoms with Crippen LogP contribution in [0.5, 0.6) is 0 Å². The highest BCUT2D eigenvalue weighted by molar-refractivity contribution is 5.80. The molecule has 1 amide bonds. The maximum atomic E-state index is 11.9. The number of fused-ring (bicyclic) bond motifs is 2. The molecule has 2 aliphatic rings. The van der Waals surface area contributed by atoms with E-state index in [0.29, 0.717) is 17.9 Å². The fourth-order valence-electron chi connectivity index (χ4n) is 2.43. The molecule has 0 aromatic carbocycles. The second kappa shape index (κ2) is 3.29. The van der Waals surface area contributed by atoms with Gasteiger partial charge in [-0.1, -0.05) is 0 Å². The van der Waals surface area contributed by atoms with Crippen molar-refractivity contribution >= 4 is 5.91 Å². The summed E-state index contributed by atoms with van der Waals surface area (Å²) in [6, 6.07) is 0.371. The van der Waals surface area contributed by atoms with Gasteiger partial charge < -0.3 is 10.2 Å². The summed E-state index contributed by atoms with van der Waals surface area (Å²) in [4.78, 5) is 13.9. The predicted molar refractivity (Wildman–Crippen MR) is 51.3 cm³/mol. The van der Waals surface area contributed by atoms with Gasteiger partial charge in [-0.15, -0.1) is 0 Å². The Bertz CT molecular complexity index is 215. The van der Waals surface area contributed by atoms with Gasteiger partial charge in [0.25, 0.3) is 0 Å². The molecule has 2 atom stereocenters. The minimum Gasteiger partial charge on any atom is -0.340 e. The third-order valence-electron chi connectivity index (χ3n) is 3.15. The molecule has 2 unspecified atom stereocenters. The normalized spacial score (nSPS) is 34.1. The van der Waals surface area contributed by atoms with Gasteiger partial charge in [0.05, 0.1) is 5.92 Å². The molecule has 0 saturated carbocycles. The summed E-state index contributed by atoms with van der Waals surface area (Å²) in [6.07, 6.45) is 1.11. The van der Waals surface area contributed by atoms with Gasteiger partial charge >= 0.3 is 0 Å². The first-order valence-electron chi connectivity index (χ1n) is 5.19. The summed E-state index contributed by atoms with van der Waals surface area (Å²) < 4.78 is 0. The summed E-state index contributed by atoms with van der Waals surface area (Å²) in [5, 5.41) is 3.33. The van der Waals surface area contributed by atoms with Gasteiger partial charge in [-0.3, -0.25) is 4.79 Å². The highest BCUT2D eigenvalue weighted by Crippen LogP contribution is 2.26. The third-order valence-corrected chi connectivity index (χ3v) is 3.15. The lowest BCUT2D eigenvalue weighted by molar-refractivity contribution is -0.143. The van der Waals surface area contributed by atoms with Crippen LogP contribution in [0.25, 0.3) is 0 Å². The molecule has 2 rings (SSSR count). The molecule has 0 radical (unpaired) electrons. The van der Waals surface area contributed by atoms with Crippen LogP contribution in [0.2, 0.25) is 0 Å². The zero-order valence-electron chi connectivity index (χ0n) is 8.42. The lowest BCUT2D eigenvalue weighted by atomic mass is 9.84. The van der Waals surface area contributed by atoms with Crippen LogP contribution in [0.4, 0.5) is 0 Å². The molecule has 2 fully saturated rings. The number of hydrogen-bond acceptors (Lipinski definition) is 2. The third kappa shape index (κ3) is 1.57. The molecule has 0 aliphatic carbocycles. The van der Waals surface area contributed by atoms with Crippen molar-refractivity contribution < 1.29 is 4.79 Å². The van der Waals surface area contributed by atoms with E-state index in [1.165, 1.54) is 0 Å². The number of amides is 1. The molecule has 0 aromatic heterocycles. The summed E-state index contributed by atoms with van der Waals surface area (Å²) >= 11 is 0. The Labute approximate surface area is 79.5 Å². The quantitative estimate of drug-likeness (QED) is 0.639. The molecule has 0 aromatic rings. The van der Waals surface area contributed by atoms with Crippen LogP contribution in [0, 0.1) is 11.8 Å². The van der Waals surface area contributed by atoms with E-state index in [2.05, 4.69) is 19.2 Å². The fraction of sp³-hybridized carbons (Fsp3) is 0.900. The van der Waals surface area contributed by atoms with Gasteiger partial charge in [0.15, 0.2) is 0 Å². The molecule has 2 heterocycles. The average Bonchev–Trinajstić information content (AvgIpc) is 2.12. The smallest absolute Gasteiger partial charge is 0.227 e. The van der Waals surface area contributed by atoms with E-state index in [1.807, 2.05) is 4.90 Å². The molecule has 1 N–H and O–H groups in total. The molecular weight excluding hydrogens is 164 g/mol. The maximum Gasteiger partial charge on any atom is 0.227 e. The van der Waals surface area contributed by atoms with Gasteiger partial charge in [-0.05, 0) is 32.7 Å². The zero-order valence-corrected chi connectivity index (χ0v) is 8.42. The Morgan fingerprint density at radius 1 is 1.46 bits per heavy atom.